The van der Waals surface area contributed by atoms with E-state index in [9.17, 15) is 167 Å². The molecule has 55 atom stereocenters. The fourth-order valence-electron chi connectivity index (χ4n) is 17.3. The summed E-state index contributed by atoms with van der Waals surface area (Å²) < 4.78 is 127. The predicted octanol–water partition coefficient (Wildman–Crippen LogP) is -22.3. The molecular formula is C74H124N4O54. The van der Waals surface area contributed by atoms with Crippen molar-refractivity contribution < 1.29 is 267 Å². The Labute approximate surface area is 748 Å². The molecule has 58 nitrogen and oxygen atoms in total. The van der Waals surface area contributed by atoms with E-state index in [2.05, 4.69) is 21.3 Å². The number of rotatable bonds is 33. The Balaban J connectivity index is 0.970. The number of aliphatic hydroxyl groups is 29. The van der Waals surface area contributed by atoms with Crippen LogP contribution >= 0.6 is 0 Å². The molecule has 11 aliphatic heterocycles. The van der Waals surface area contributed by atoms with Crippen molar-refractivity contribution in [2.24, 2.45) is 0 Å². The summed E-state index contributed by atoms with van der Waals surface area (Å²) in [5, 5.41) is 336. The lowest BCUT2D eigenvalue weighted by Gasteiger charge is -2.52. The highest BCUT2D eigenvalue weighted by Gasteiger charge is 2.63. The fraction of sp³-hybridized carbons (Fsp3) is 0.946. The van der Waals surface area contributed by atoms with Crippen LogP contribution in [0.2, 0.25) is 0 Å². The third-order valence-corrected chi connectivity index (χ3v) is 24.5. The molecule has 11 heterocycles. The molecule has 11 aliphatic rings. The average Bonchev–Trinajstić information content (AvgIpc) is 0.761. The molecule has 0 radical (unpaired) electrons. The summed E-state index contributed by atoms with van der Waals surface area (Å²) in [6.45, 7) is -4.47. The van der Waals surface area contributed by atoms with Crippen molar-refractivity contribution in [1.82, 2.24) is 21.3 Å². The minimum atomic E-state index is -2.69. The molecule has 0 aromatic rings. The Bertz CT molecular complexity index is 3610. The molecule has 764 valence electrons. The minimum absolute atomic E-state index is 0.817. The summed E-state index contributed by atoms with van der Waals surface area (Å²) in [4.78, 5) is 52.6. The Morgan fingerprint density at radius 3 is 0.864 bits per heavy atom. The summed E-state index contributed by atoms with van der Waals surface area (Å²) >= 11 is 0. The summed E-state index contributed by atoms with van der Waals surface area (Å²) in [6.07, 6.45) is -109. The lowest BCUT2D eigenvalue weighted by atomic mass is 9.93. The maximum absolute atomic E-state index is 13.6. The van der Waals surface area contributed by atoms with Crippen molar-refractivity contribution in [3.63, 3.8) is 0 Å². The zero-order valence-electron chi connectivity index (χ0n) is 71.3. The van der Waals surface area contributed by atoms with E-state index in [1.165, 1.54) is 13.8 Å². The molecule has 58 heteroatoms. The predicted molar refractivity (Wildman–Crippen MR) is 406 cm³/mol. The summed E-state index contributed by atoms with van der Waals surface area (Å²) in [7, 11) is 0. The van der Waals surface area contributed by atoms with E-state index in [-0.39, 0.29) is 0 Å². The maximum atomic E-state index is 13.6. The zero-order valence-corrected chi connectivity index (χ0v) is 71.3. The summed E-state index contributed by atoms with van der Waals surface area (Å²) in [5.41, 5.74) is 0. The molecule has 0 bridgehead atoms. The third kappa shape index (κ3) is 23.5. The molecule has 0 spiro atoms. The van der Waals surface area contributed by atoms with Gasteiger partial charge in [-0.05, 0) is 13.8 Å². The van der Waals surface area contributed by atoms with Crippen LogP contribution < -0.4 is 21.3 Å². The van der Waals surface area contributed by atoms with Gasteiger partial charge in [0.2, 0.25) is 23.6 Å². The quantitative estimate of drug-likeness (QED) is 0.0290. The van der Waals surface area contributed by atoms with Gasteiger partial charge in [0.15, 0.2) is 69.2 Å². The van der Waals surface area contributed by atoms with Crippen LogP contribution in [-0.2, 0) is 119 Å². The van der Waals surface area contributed by atoms with Gasteiger partial charge < -0.3 is 269 Å². The second-order valence-electron chi connectivity index (χ2n) is 33.7. The number of carbonyl (C=O) groups excluding carboxylic acids is 4. The van der Waals surface area contributed by atoms with Gasteiger partial charge in [0, 0.05) is 27.7 Å². The molecule has 0 aromatic heterocycles. The largest absolute Gasteiger partial charge is 0.394 e. The first-order valence-corrected chi connectivity index (χ1v) is 42.4. The monoisotopic (exact) mass is 1930 g/mol. The highest BCUT2D eigenvalue weighted by atomic mass is 16.8. The third-order valence-electron chi connectivity index (χ3n) is 24.5. The van der Waals surface area contributed by atoms with E-state index in [1.54, 1.807) is 0 Å². The van der Waals surface area contributed by atoms with Crippen molar-refractivity contribution >= 4 is 23.6 Å². The van der Waals surface area contributed by atoms with Gasteiger partial charge in [0.25, 0.3) is 0 Å². The average molecular weight is 1930 g/mol. The smallest absolute Gasteiger partial charge is 0.217 e. The normalized spacial score (nSPS) is 50.4. The van der Waals surface area contributed by atoms with Crippen molar-refractivity contribution in [3.8, 4) is 0 Å². The minimum Gasteiger partial charge on any atom is -0.394 e. The van der Waals surface area contributed by atoms with E-state index in [0.29, 0.717) is 0 Å². The number of hydrogen-bond acceptors (Lipinski definition) is 54. The first-order chi connectivity index (χ1) is 62.4. The van der Waals surface area contributed by atoms with Crippen LogP contribution in [0.3, 0.4) is 0 Å². The Morgan fingerprint density at radius 1 is 0.212 bits per heavy atom. The Morgan fingerprint density at radius 2 is 0.470 bits per heavy atom. The first kappa shape index (κ1) is 108. The van der Waals surface area contributed by atoms with Crippen LogP contribution in [0.4, 0.5) is 0 Å². The van der Waals surface area contributed by atoms with E-state index in [0.717, 1.165) is 27.7 Å². The van der Waals surface area contributed by atoms with Crippen LogP contribution in [0.15, 0.2) is 0 Å². The lowest BCUT2D eigenvalue weighted by Crippen LogP contribution is -2.71. The van der Waals surface area contributed by atoms with Crippen LogP contribution in [0.25, 0.3) is 0 Å². The Kier molecular flexibility index (Phi) is 38.5. The van der Waals surface area contributed by atoms with Crippen LogP contribution in [0.1, 0.15) is 41.5 Å². The first-order valence-electron chi connectivity index (χ1n) is 42.4. The van der Waals surface area contributed by atoms with Gasteiger partial charge in [0.05, 0.1) is 71.7 Å². The van der Waals surface area contributed by atoms with Gasteiger partial charge in [-0.3, -0.25) is 19.2 Å². The topological polar surface area (TPSA) is 897 Å². The molecular weight excluding hydrogens is 1810 g/mol. The lowest BCUT2D eigenvalue weighted by molar-refractivity contribution is -0.404. The molecule has 0 unspecified atom stereocenters. The van der Waals surface area contributed by atoms with Gasteiger partial charge in [-0.25, -0.2) is 0 Å². The van der Waals surface area contributed by atoms with Gasteiger partial charge in [-0.1, -0.05) is 0 Å². The van der Waals surface area contributed by atoms with Crippen LogP contribution in [-0.4, -0.2) is 569 Å². The highest BCUT2D eigenvalue weighted by molar-refractivity contribution is 5.74. The Hall–Kier alpha value is -4.12. The van der Waals surface area contributed by atoms with Crippen molar-refractivity contribution in [3.05, 3.63) is 0 Å². The molecule has 0 aromatic carbocycles. The highest BCUT2D eigenvalue weighted by Crippen LogP contribution is 2.43. The SMILES string of the molecule is CC(=O)N[C@@H]1[C@@H](O)[C@H](O[C@@H]2O[C@H](CO)[C@@H](O[C@@H]3O[C@H](CO[C@H]4O[C@H](CO)[C@@H](O)[C@H](O)[C@@H]4O[C@@H]4O[C@H](CO)[C@@H](O[C@@H]5O[C@H](CO)[C@H](O)[C@H](O)[C@H]5O)[C@H](O[C@@H]5O[C@@H](C)[C@@H](O)[C@@H](O)[C@@H]5O)[C@H]4NC(C)=O)[C@@H](O)[C@H](O[C@H]4O[C@H](CO)[C@@H](O)[C@H](O)[C@@H]4O[C@@H]4O[C@H](CO)[C@@H](O[C@@H]5O[C@H](CO)[C@H](O)[C@H](O)[C@H]5O)[C@H](O[C@@H]5O[C@@H](C)[C@@H](O)[C@@H](O)[C@@H]5O)[C@H]4NC(C)=O)[C@@H]3O)[C@H](O)[C@H]2NC(C)=O)[C@@H](CO)O[C@H]1O. The molecule has 33 N–H and O–H groups in total. The maximum Gasteiger partial charge on any atom is 0.217 e. The van der Waals surface area contributed by atoms with Gasteiger partial charge in [-0.2, -0.15) is 0 Å². The number of amides is 4. The van der Waals surface area contributed by atoms with Crippen LogP contribution in [0.5, 0.6) is 0 Å². The van der Waals surface area contributed by atoms with E-state index >= 15 is 0 Å². The standard InChI is InChI=1S/C74H124N4O54/c1-16-35(91)44(100)50(106)68(113-16)128-59-33(77-20(5)89)66(121-28(13-85)57(59)126-70-52(108)46(102)37(93)22(7-79)116-70)131-62-48(104)39(95)24(9-81)118-73(62)112-15-30-41(97)61(54(110)72(123-30)125-56-27(12-84)120-65(32(43(56)99)76-19(4)88)124-55-26(11-83)115-64(111)31(42(55)98)75-18(3)87)130-74-63(49(105)40(96)25(10-82)119-74)132-67-34(78-21(6)90)60(129-69-51(107)45(101)36(92)17(2)114-69)58(29(14-86)122-67)127-71-53(109)47(103)38(94)23(8-80)117-71/h16-17,22-74,79-86,91-111H,7-15H2,1-6H3,(H,75,87)(H,76,88)(H,77,89)(H,78,90)/t16-,17-,22+,23+,24+,25+,26+,27+,28+,29+,30+,31+,32+,33+,34+,35+,36+,37-,38-,39+,40+,41+,42+,43+,44+,45+,46-,47-,48-,49-,50-,51-,52+,53+,54-,55+,56+,57+,58+,59+,60+,61-,62-,63-,64+,65-,66-,67-,68-,69-,70-,71-,72-,73-,74+/m0/s1. The van der Waals surface area contributed by atoms with Gasteiger partial charge in [-0.15, -0.1) is 0 Å². The van der Waals surface area contributed by atoms with Gasteiger partial charge >= 0.3 is 0 Å². The van der Waals surface area contributed by atoms with Crippen molar-refractivity contribution in [1.29, 1.82) is 0 Å². The summed E-state index contributed by atoms with van der Waals surface area (Å²) in [5.74, 6) is -3.88. The number of aliphatic hydroxyl groups excluding tert-OH is 29. The molecule has 11 rings (SSSR count). The number of hydrogen-bond donors (Lipinski definition) is 33. The molecule has 11 saturated heterocycles. The second kappa shape index (κ2) is 47.0. The molecule has 0 aliphatic carbocycles. The van der Waals surface area contributed by atoms with E-state index < -0.39 is 421 Å². The van der Waals surface area contributed by atoms with Gasteiger partial charge in [0.1, 0.15) is 256 Å². The second-order valence-corrected chi connectivity index (χ2v) is 33.7. The molecule has 0 saturated carbocycles. The number of ether oxygens (including phenoxy) is 21. The zero-order chi connectivity index (χ0) is 97.1. The van der Waals surface area contributed by atoms with E-state index in [4.69, 9.17) is 99.5 Å². The molecule has 4 amide bonds. The number of carbonyl (C=O) groups is 4. The van der Waals surface area contributed by atoms with E-state index in [1.807, 2.05) is 0 Å². The van der Waals surface area contributed by atoms with Crippen molar-refractivity contribution in [2.75, 3.05) is 59.5 Å². The molecule has 132 heavy (non-hydrogen) atoms. The van der Waals surface area contributed by atoms with Crippen molar-refractivity contribution in [2.45, 2.75) is 379 Å². The van der Waals surface area contributed by atoms with Crippen LogP contribution in [0, 0.1) is 0 Å². The fourth-order valence-corrected chi connectivity index (χ4v) is 17.3. The number of nitrogens with one attached hydrogen (secondary N) is 4. The molecule has 11 fully saturated rings. The summed E-state index contributed by atoms with van der Waals surface area (Å²) in [6, 6.07) is -7.84.